The Labute approximate surface area is 176 Å². The van der Waals surface area contributed by atoms with Gasteiger partial charge in [0.15, 0.2) is 0 Å². The molecule has 0 radical (unpaired) electrons. The zero-order chi connectivity index (χ0) is 21.3. The molecule has 2 saturated heterocycles. The number of carbonyl (C=O) groups excluding carboxylic acids is 2. The summed E-state index contributed by atoms with van der Waals surface area (Å²) in [5.41, 5.74) is 1.07. The van der Waals surface area contributed by atoms with Crippen LogP contribution in [0.1, 0.15) is 55.8 Å². The number of likely N-dealkylation sites (tertiary alicyclic amines) is 1. The lowest BCUT2D eigenvalue weighted by Crippen LogP contribution is -2.46. The Morgan fingerprint density at radius 3 is 2.50 bits per heavy atom. The Balaban J connectivity index is 1.55. The average Bonchev–Trinajstić information content (AvgIpc) is 3.57. The predicted octanol–water partition coefficient (Wildman–Crippen LogP) is 2.96. The maximum Gasteiger partial charge on any atom is 0.270 e. The van der Waals surface area contributed by atoms with Crippen molar-refractivity contribution >= 4 is 23.2 Å². The summed E-state index contributed by atoms with van der Waals surface area (Å²) in [5, 5.41) is 14.4. The number of hydrogen-bond acceptors (Lipinski definition) is 5. The molecule has 1 unspecified atom stereocenters. The zero-order valence-electron chi connectivity index (χ0n) is 17.5. The Hall–Kier alpha value is -2.64. The van der Waals surface area contributed by atoms with Crippen molar-refractivity contribution < 1.29 is 14.5 Å². The Kier molecular flexibility index (Phi) is 5.92. The SMILES string of the molecule is CC1CCN(c2ccc([N+](=O)[O-])cc2C(=O)N2CCCC(C(=O)NC3CC3)C2)CC1. The van der Waals surface area contributed by atoms with E-state index < -0.39 is 4.92 Å². The molecule has 0 aromatic heterocycles. The molecule has 162 valence electrons. The summed E-state index contributed by atoms with van der Waals surface area (Å²) in [7, 11) is 0. The van der Waals surface area contributed by atoms with Crippen LogP contribution in [0.4, 0.5) is 11.4 Å². The van der Waals surface area contributed by atoms with Crippen molar-refractivity contribution in [2.75, 3.05) is 31.1 Å². The fourth-order valence-corrected chi connectivity index (χ4v) is 4.43. The van der Waals surface area contributed by atoms with Gasteiger partial charge in [-0.1, -0.05) is 6.92 Å². The highest BCUT2D eigenvalue weighted by molar-refractivity contribution is 6.01. The molecule has 30 heavy (non-hydrogen) atoms. The van der Waals surface area contributed by atoms with Crippen molar-refractivity contribution in [2.24, 2.45) is 11.8 Å². The quantitative estimate of drug-likeness (QED) is 0.590. The number of non-ortho nitro benzene ring substituents is 1. The lowest BCUT2D eigenvalue weighted by atomic mass is 9.95. The van der Waals surface area contributed by atoms with Gasteiger partial charge in [-0.3, -0.25) is 19.7 Å². The molecular weight excluding hydrogens is 384 g/mol. The second-order valence-electron chi connectivity index (χ2n) is 9.00. The molecular formula is C22H30N4O4. The van der Waals surface area contributed by atoms with Gasteiger partial charge in [-0.25, -0.2) is 0 Å². The van der Waals surface area contributed by atoms with E-state index in [4.69, 9.17) is 0 Å². The molecule has 2 aliphatic heterocycles. The number of nitrogens with one attached hydrogen (secondary N) is 1. The van der Waals surface area contributed by atoms with Crippen LogP contribution >= 0.6 is 0 Å². The van der Waals surface area contributed by atoms with Gasteiger partial charge in [0.1, 0.15) is 0 Å². The Morgan fingerprint density at radius 2 is 1.83 bits per heavy atom. The van der Waals surface area contributed by atoms with Gasteiger partial charge in [0.2, 0.25) is 5.91 Å². The standard InChI is InChI=1S/C22H30N4O4/c1-15-8-11-24(12-9-15)20-7-6-18(26(29)30)13-19(20)22(28)25-10-2-3-16(14-25)21(27)23-17-4-5-17/h6-7,13,15-17H,2-5,8-12,14H2,1H3,(H,23,27). The van der Waals surface area contributed by atoms with Crippen molar-refractivity contribution in [3.8, 4) is 0 Å². The first kappa shape index (κ1) is 20.6. The highest BCUT2D eigenvalue weighted by Crippen LogP contribution is 2.31. The first-order valence-electron chi connectivity index (χ1n) is 11.1. The topological polar surface area (TPSA) is 95.8 Å². The molecule has 0 bridgehead atoms. The first-order valence-corrected chi connectivity index (χ1v) is 11.1. The van der Waals surface area contributed by atoms with Gasteiger partial charge in [0.25, 0.3) is 11.6 Å². The van der Waals surface area contributed by atoms with Gasteiger partial charge < -0.3 is 15.1 Å². The third-order valence-corrected chi connectivity index (χ3v) is 6.55. The summed E-state index contributed by atoms with van der Waals surface area (Å²) < 4.78 is 0. The molecule has 8 nitrogen and oxygen atoms in total. The van der Waals surface area contributed by atoms with Gasteiger partial charge in [-0.15, -0.1) is 0 Å². The number of anilines is 1. The van der Waals surface area contributed by atoms with Crippen LogP contribution in [0.2, 0.25) is 0 Å². The summed E-state index contributed by atoms with van der Waals surface area (Å²) in [6.07, 6.45) is 5.68. The molecule has 1 aromatic rings. The van der Waals surface area contributed by atoms with E-state index in [-0.39, 0.29) is 23.4 Å². The molecule has 8 heteroatoms. The van der Waals surface area contributed by atoms with E-state index in [0.29, 0.717) is 30.6 Å². The van der Waals surface area contributed by atoms with Crippen LogP contribution in [0, 0.1) is 22.0 Å². The number of nitro groups is 1. The summed E-state index contributed by atoms with van der Waals surface area (Å²) in [6.45, 7) is 4.85. The monoisotopic (exact) mass is 414 g/mol. The zero-order valence-corrected chi connectivity index (χ0v) is 17.5. The fraction of sp³-hybridized carbons (Fsp3) is 0.636. The number of benzene rings is 1. The van der Waals surface area contributed by atoms with E-state index >= 15 is 0 Å². The molecule has 1 atom stereocenters. The van der Waals surface area contributed by atoms with E-state index in [9.17, 15) is 19.7 Å². The molecule has 3 aliphatic rings. The molecule has 0 spiro atoms. The first-order chi connectivity index (χ1) is 14.4. The largest absolute Gasteiger partial charge is 0.371 e. The van der Waals surface area contributed by atoms with Crippen LogP contribution in [0.25, 0.3) is 0 Å². The Bertz CT molecular complexity index is 830. The van der Waals surface area contributed by atoms with E-state index in [0.717, 1.165) is 57.3 Å². The van der Waals surface area contributed by atoms with Crippen molar-refractivity contribution in [1.82, 2.24) is 10.2 Å². The minimum Gasteiger partial charge on any atom is -0.371 e. The number of nitro benzene ring substituents is 1. The van der Waals surface area contributed by atoms with Crippen LogP contribution in [0.5, 0.6) is 0 Å². The summed E-state index contributed by atoms with van der Waals surface area (Å²) in [4.78, 5) is 40.7. The third kappa shape index (κ3) is 4.57. The number of hydrogen-bond donors (Lipinski definition) is 1. The molecule has 1 aromatic carbocycles. The smallest absolute Gasteiger partial charge is 0.270 e. The van der Waals surface area contributed by atoms with Gasteiger partial charge in [0, 0.05) is 44.4 Å². The molecule has 2 heterocycles. The van der Waals surface area contributed by atoms with E-state index in [1.54, 1.807) is 11.0 Å². The van der Waals surface area contributed by atoms with Gasteiger partial charge >= 0.3 is 0 Å². The normalized spacial score (nSPS) is 22.6. The van der Waals surface area contributed by atoms with Gasteiger partial charge in [-0.2, -0.15) is 0 Å². The lowest BCUT2D eigenvalue weighted by Gasteiger charge is -2.35. The van der Waals surface area contributed by atoms with Crippen molar-refractivity contribution in [3.63, 3.8) is 0 Å². The highest BCUT2D eigenvalue weighted by atomic mass is 16.6. The van der Waals surface area contributed by atoms with Crippen LogP contribution in [0.15, 0.2) is 18.2 Å². The second kappa shape index (κ2) is 8.62. The van der Waals surface area contributed by atoms with Crippen molar-refractivity contribution in [1.29, 1.82) is 0 Å². The van der Waals surface area contributed by atoms with Crippen LogP contribution in [0.3, 0.4) is 0 Å². The minimum atomic E-state index is -0.457. The maximum atomic E-state index is 13.5. The number of rotatable bonds is 5. The summed E-state index contributed by atoms with van der Waals surface area (Å²) in [6, 6.07) is 4.90. The van der Waals surface area contributed by atoms with Gasteiger partial charge in [0.05, 0.1) is 22.1 Å². The number of piperidine rings is 2. The third-order valence-electron chi connectivity index (χ3n) is 6.55. The average molecular weight is 415 g/mol. The fourth-order valence-electron chi connectivity index (χ4n) is 4.43. The lowest BCUT2D eigenvalue weighted by molar-refractivity contribution is -0.384. The number of nitrogens with zero attached hydrogens (tertiary/aromatic N) is 3. The molecule has 4 rings (SSSR count). The van der Waals surface area contributed by atoms with E-state index in [1.165, 1.54) is 12.1 Å². The van der Waals surface area contributed by atoms with Crippen molar-refractivity contribution in [2.45, 2.75) is 51.5 Å². The minimum absolute atomic E-state index is 0.0271. The van der Waals surface area contributed by atoms with Gasteiger partial charge in [-0.05, 0) is 50.5 Å². The molecule has 2 amide bonds. The van der Waals surface area contributed by atoms with Crippen LogP contribution < -0.4 is 10.2 Å². The number of carbonyl (C=O) groups is 2. The van der Waals surface area contributed by atoms with E-state index in [2.05, 4.69) is 17.1 Å². The second-order valence-corrected chi connectivity index (χ2v) is 9.00. The predicted molar refractivity (Wildman–Crippen MR) is 113 cm³/mol. The molecule has 1 aliphatic carbocycles. The number of amides is 2. The molecule has 3 fully saturated rings. The van der Waals surface area contributed by atoms with E-state index in [1.807, 2.05) is 0 Å². The Morgan fingerprint density at radius 1 is 1.10 bits per heavy atom. The van der Waals surface area contributed by atoms with Crippen LogP contribution in [-0.2, 0) is 4.79 Å². The maximum absolute atomic E-state index is 13.5. The molecule has 1 saturated carbocycles. The van der Waals surface area contributed by atoms with Crippen molar-refractivity contribution in [3.05, 3.63) is 33.9 Å². The molecule has 1 N–H and O–H groups in total. The summed E-state index contributed by atoms with van der Waals surface area (Å²) >= 11 is 0. The highest BCUT2D eigenvalue weighted by Gasteiger charge is 2.33. The van der Waals surface area contributed by atoms with Crippen LogP contribution in [-0.4, -0.2) is 53.9 Å². The summed E-state index contributed by atoms with van der Waals surface area (Å²) in [5.74, 6) is 0.253.